The van der Waals surface area contributed by atoms with Gasteiger partial charge in [-0.3, -0.25) is 14.1 Å². The number of benzene rings is 1. The highest BCUT2D eigenvalue weighted by atomic mass is 32.2. The number of carbonyl (C=O) groups is 1. The van der Waals surface area contributed by atoms with Crippen molar-refractivity contribution >= 4 is 21.9 Å². The van der Waals surface area contributed by atoms with Crippen LogP contribution in [0.3, 0.4) is 0 Å². The van der Waals surface area contributed by atoms with Crippen molar-refractivity contribution in [2.24, 2.45) is 0 Å². The minimum absolute atomic E-state index is 0.0607. The fraction of sp³-hybridized carbons (Fsp3) is 0.176. The number of rotatable bonds is 2. The molecular weight excluding hydrogens is 312 g/mol. The molecule has 2 aromatic rings. The third-order valence-electron chi connectivity index (χ3n) is 3.62. The molecule has 1 aromatic carbocycles. The number of sulfonamides is 1. The summed E-state index contributed by atoms with van der Waals surface area (Å²) in [5, 5.41) is 0. The number of pyridine rings is 1. The zero-order valence-corrected chi connectivity index (χ0v) is 13.6. The first-order valence-corrected chi connectivity index (χ1v) is 8.67. The van der Waals surface area contributed by atoms with Gasteiger partial charge in [0.15, 0.2) is 0 Å². The van der Waals surface area contributed by atoms with Gasteiger partial charge in [0.2, 0.25) is 5.78 Å². The van der Waals surface area contributed by atoms with Crippen molar-refractivity contribution in [2.45, 2.75) is 24.8 Å². The van der Waals surface area contributed by atoms with E-state index in [4.69, 9.17) is 0 Å². The van der Waals surface area contributed by atoms with Crippen molar-refractivity contribution in [2.75, 3.05) is 0 Å². The molecule has 23 heavy (non-hydrogen) atoms. The van der Waals surface area contributed by atoms with E-state index in [0.29, 0.717) is 0 Å². The Morgan fingerprint density at radius 2 is 1.74 bits per heavy atom. The van der Waals surface area contributed by atoms with Crippen LogP contribution in [0, 0.1) is 0 Å². The summed E-state index contributed by atoms with van der Waals surface area (Å²) in [6.45, 7) is 3.50. The standard InChI is InChI=1S/C17H16N2O3S/c1-12(2)19-15(11-13-7-9-18-10-8-13)17(20)14-5-3-4-6-16(14)23(19,21)22/h3-12H,1-2H3. The molecule has 118 valence electrons. The first-order chi connectivity index (χ1) is 10.9. The molecule has 0 radical (unpaired) electrons. The summed E-state index contributed by atoms with van der Waals surface area (Å²) in [7, 11) is -3.76. The van der Waals surface area contributed by atoms with Gasteiger partial charge in [0.05, 0.1) is 4.90 Å². The van der Waals surface area contributed by atoms with E-state index in [1.807, 2.05) is 0 Å². The smallest absolute Gasteiger partial charge is 0.265 e. The Morgan fingerprint density at radius 3 is 2.39 bits per heavy atom. The molecule has 0 saturated heterocycles. The highest BCUT2D eigenvalue weighted by molar-refractivity contribution is 7.89. The number of nitrogens with zero attached hydrogens (tertiary/aromatic N) is 2. The van der Waals surface area contributed by atoms with Gasteiger partial charge in [0.25, 0.3) is 10.0 Å². The average molecular weight is 328 g/mol. The number of aromatic nitrogens is 1. The molecule has 1 aliphatic rings. The SMILES string of the molecule is CC(C)N1C(=Cc2ccncc2)C(=O)c2ccccc2S1(=O)=O. The van der Waals surface area contributed by atoms with Gasteiger partial charge in [-0.2, -0.15) is 0 Å². The number of fused-ring (bicyclic) bond motifs is 1. The van der Waals surface area contributed by atoms with E-state index < -0.39 is 10.0 Å². The number of carbonyl (C=O) groups excluding carboxylic acids is 1. The molecule has 1 aromatic heterocycles. The molecule has 2 heterocycles. The van der Waals surface area contributed by atoms with Crippen LogP contribution in [0.2, 0.25) is 0 Å². The topological polar surface area (TPSA) is 67.3 Å². The number of allylic oxidation sites excluding steroid dienone is 1. The zero-order valence-electron chi connectivity index (χ0n) is 12.8. The lowest BCUT2D eigenvalue weighted by Gasteiger charge is -2.34. The van der Waals surface area contributed by atoms with Crippen molar-refractivity contribution in [3.63, 3.8) is 0 Å². The van der Waals surface area contributed by atoms with Crippen molar-refractivity contribution in [1.82, 2.24) is 9.29 Å². The summed E-state index contributed by atoms with van der Waals surface area (Å²) < 4.78 is 27.0. The van der Waals surface area contributed by atoms with Crippen LogP contribution in [-0.2, 0) is 10.0 Å². The molecule has 0 unspecified atom stereocenters. The van der Waals surface area contributed by atoms with E-state index in [2.05, 4.69) is 4.98 Å². The van der Waals surface area contributed by atoms with E-state index in [1.54, 1.807) is 62.6 Å². The highest BCUT2D eigenvalue weighted by Crippen LogP contribution is 2.34. The molecular formula is C17H16N2O3S. The van der Waals surface area contributed by atoms with Gasteiger partial charge in [-0.05, 0) is 49.8 Å². The average Bonchev–Trinajstić information content (AvgIpc) is 2.53. The summed E-state index contributed by atoms with van der Waals surface area (Å²) in [4.78, 5) is 16.8. The van der Waals surface area contributed by atoms with Gasteiger partial charge in [-0.15, -0.1) is 0 Å². The fourth-order valence-corrected chi connectivity index (χ4v) is 4.51. The van der Waals surface area contributed by atoms with Gasteiger partial charge in [-0.1, -0.05) is 12.1 Å². The monoisotopic (exact) mass is 328 g/mol. The maximum Gasteiger partial charge on any atom is 0.265 e. The third kappa shape index (κ3) is 2.55. The molecule has 0 N–H and O–H groups in total. The summed E-state index contributed by atoms with van der Waals surface area (Å²) in [6, 6.07) is 9.40. The molecule has 0 amide bonds. The molecule has 5 nitrogen and oxygen atoms in total. The van der Waals surface area contributed by atoms with Crippen molar-refractivity contribution in [3.8, 4) is 0 Å². The fourth-order valence-electron chi connectivity index (χ4n) is 2.66. The molecule has 0 fully saturated rings. The Balaban J connectivity index is 2.27. The minimum atomic E-state index is -3.76. The molecule has 0 bridgehead atoms. The third-order valence-corrected chi connectivity index (χ3v) is 5.67. The van der Waals surface area contributed by atoms with E-state index >= 15 is 0 Å². The highest BCUT2D eigenvalue weighted by Gasteiger charge is 2.40. The summed E-state index contributed by atoms with van der Waals surface area (Å²) >= 11 is 0. The first kappa shape index (κ1) is 15.4. The van der Waals surface area contributed by atoms with Gasteiger partial charge in [0.1, 0.15) is 5.70 Å². The quantitative estimate of drug-likeness (QED) is 0.795. The van der Waals surface area contributed by atoms with Crippen LogP contribution in [-0.4, -0.2) is 29.5 Å². The maximum atomic E-state index is 12.9. The Bertz CT molecular complexity index is 887. The van der Waals surface area contributed by atoms with Crippen LogP contribution in [0.5, 0.6) is 0 Å². The molecule has 3 rings (SSSR count). The van der Waals surface area contributed by atoms with Crippen LogP contribution in [0.15, 0.2) is 59.4 Å². The van der Waals surface area contributed by atoms with Gasteiger partial charge in [0, 0.05) is 24.0 Å². The normalized spacial score (nSPS) is 18.3. The predicted molar refractivity (Wildman–Crippen MR) is 87.1 cm³/mol. The summed E-state index contributed by atoms with van der Waals surface area (Å²) in [6.07, 6.45) is 4.79. The zero-order chi connectivity index (χ0) is 16.6. The second-order valence-electron chi connectivity index (χ2n) is 5.53. The molecule has 1 aliphatic heterocycles. The van der Waals surface area contributed by atoms with Crippen LogP contribution in [0.25, 0.3) is 6.08 Å². The van der Waals surface area contributed by atoms with E-state index in [9.17, 15) is 13.2 Å². The Hall–Kier alpha value is -2.47. The molecule has 0 atom stereocenters. The molecule has 0 saturated carbocycles. The summed E-state index contributed by atoms with van der Waals surface area (Å²) in [5.74, 6) is -0.291. The van der Waals surface area contributed by atoms with E-state index in [-0.39, 0.29) is 28.0 Å². The van der Waals surface area contributed by atoms with Gasteiger partial charge >= 0.3 is 0 Å². The lowest BCUT2D eigenvalue weighted by atomic mass is 10.1. The van der Waals surface area contributed by atoms with Gasteiger partial charge in [-0.25, -0.2) is 8.42 Å². The lowest BCUT2D eigenvalue weighted by Crippen LogP contribution is -2.43. The largest absolute Gasteiger partial charge is 0.287 e. The van der Waals surface area contributed by atoms with Crippen LogP contribution in [0.4, 0.5) is 0 Å². The second kappa shape index (κ2) is 5.62. The Morgan fingerprint density at radius 1 is 1.09 bits per heavy atom. The summed E-state index contributed by atoms with van der Waals surface area (Å²) in [5.41, 5.74) is 1.10. The van der Waals surface area contributed by atoms with Crippen molar-refractivity contribution in [3.05, 3.63) is 65.6 Å². The van der Waals surface area contributed by atoms with Crippen molar-refractivity contribution in [1.29, 1.82) is 0 Å². The minimum Gasteiger partial charge on any atom is -0.287 e. The molecule has 0 aliphatic carbocycles. The van der Waals surface area contributed by atoms with Crippen LogP contribution in [0.1, 0.15) is 29.8 Å². The molecule has 0 spiro atoms. The number of hydrogen-bond acceptors (Lipinski definition) is 4. The lowest BCUT2D eigenvalue weighted by molar-refractivity contribution is 0.0996. The maximum absolute atomic E-state index is 12.9. The van der Waals surface area contributed by atoms with Crippen molar-refractivity contribution < 1.29 is 13.2 Å². The van der Waals surface area contributed by atoms with E-state index in [1.165, 1.54) is 10.4 Å². The van der Waals surface area contributed by atoms with Crippen LogP contribution >= 0.6 is 0 Å². The predicted octanol–water partition coefficient (Wildman–Crippen LogP) is 2.72. The van der Waals surface area contributed by atoms with Crippen LogP contribution < -0.4 is 0 Å². The molecule has 6 heteroatoms. The van der Waals surface area contributed by atoms with E-state index in [0.717, 1.165) is 5.56 Å². The Kier molecular flexibility index (Phi) is 3.77. The Labute approximate surface area is 135 Å². The second-order valence-corrected chi connectivity index (χ2v) is 7.31. The first-order valence-electron chi connectivity index (χ1n) is 7.23. The number of Topliss-reactive ketones (excluding diaryl/α,β-unsaturated/α-hetero) is 1. The number of hydrogen-bond donors (Lipinski definition) is 0. The number of ketones is 1. The van der Waals surface area contributed by atoms with Gasteiger partial charge < -0.3 is 0 Å².